The Morgan fingerprint density at radius 1 is 0.696 bits per heavy atom. The van der Waals surface area contributed by atoms with Gasteiger partial charge in [-0.3, -0.25) is 4.79 Å². The molecule has 0 aliphatic heterocycles. The van der Waals surface area contributed by atoms with E-state index in [4.69, 9.17) is 0 Å². The Morgan fingerprint density at radius 3 is 1.96 bits per heavy atom. The molecule has 0 aromatic heterocycles. The van der Waals surface area contributed by atoms with Crippen molar-refractivity contribution in [2.75, 3.05) is 10.6 Å². The number of nitrogens with one attached hydrogen (secondary N) is 2. The molecule has 3 aromatic carbocycles. The summed E-state index contributed by atoms with van der Waals surface area (Å²) in [5.41, 5.74) is 3.46. The highest BCUT2D eigenvalue weighted by molar-refractivity contribution is 14.1. The van der Waals surface area contributed by atoms with Crippen LogP contribution < -0.4 is 10.6 Å². The quantitative estimate of drug-likeness (QED) is 0.570. The second kappa shape index (κ2) is 7.28. The molecule has 1 amide bonds. The first-order chi connectivity index (χ1) is 11.2. The lowest BCUT2D eigenvalue weighted by Gasteiger charge is -2.09. The third-order valence-electron chi connectivity index (χ3n) is 3.32. The van der Waals surface area contributed by atoms with Crippen LogP contribution in [0.15, 0.2) is 78.9 Å². The van der Waals surface area contributed by atoms with E-state index < -0.39 is 0 Å². The molecule has 0 radical (unpaired) electrons. The van der Waals surface area contributed by atoms with Crippen LogP contribution in [0.1, 0.15) is 10.4 Å². The van der Waals surface area contributed by atoms with Crippen molar-refractivity contribution in [3.05, 3.63) is 88.0 Å². The summed E-state index contributed by atoms with van der Waals surface area (Å²) in [6.45, 7) is 0. The maximum Gasteiger partial charge on any atom is 0.256 e. The van der Waals surface area contributed by atoms with Crippen molar-refractivity contribution in [1.29, 1.82) is 0 Å². The zero-order chi connectivity index (χ0) is 16.1. The minimum atomic E-state index is -0.0984. The van der Waals surface area contributed by atoms with Crippen LogP contribution in [0.3, 0.4) is 0 Å². The van der Waals surface area contributed by atoms with Crippen LogP contribution in [0.2, 0.25) is 0 Å². The molecule has 0 aliphatic rings. The molecule has 0 fully saturated rings. The lowest BCUT2D eigenvalue weighted by molar-refractivity contribution is 0.102. The van der Waals surface area contributed by atoms with Gasteiger partial charge in [-0.05, 0) is 71.1 Å². The van der Waals surface area contributed by atoms with Gasteiger partial charge in [0.25, 0.3) is 5.91 Å². The number of amides is 1. The van der Waals surface area contributed by atoms with Crippen LogP contribution >= 0.6 is 22.6 Å². The van der Waals surface area contributed by atoms with E-state index in [0.717, 1.165) is 20.6 Å². The molecule has 0 saturated heterocycles. The Balaban J connectivity index is 1.68. The lowest BCUT2D eigenvalue weighted by atomic mass is 10.2. The number of carbonyl (C=O) groups is 1. The Hall–Kier alpha value is -2.34. The fourth-order valence-corrected chi connectivity index (χ4v) is 2.80. The molecule has 114 valence electrons. The second-order valence-electron chi connectivity index (χ2n) is 5.00. The molecule has 23 heavy (non-hydrogen) atoms. The highest BCUT2D eigenvalue weighted by atomic mass is 127. The molecular formula is C19H15IN2O. The van der Waals surface area contributed by atoms with Crippen molar-refractivity contribution in [2.24, 2.45) is 0 Å². The standard InChI is InChI=1S/C19H15IN2O/c20-18-9-5-4-8-17(18)19(23)22-16-12-10-15(11-13-16)21-14-6-2-1-3-7-14/h1-13,21H,(H,22,23). The predicted octanol–water partition coefficient (Wildman–Crippen LogP) is 5.29. The SMILES string of the molecule is O=C(Nc1ccc(Nc2ccccc2)cc1)c1ccccc1I. The van der Waals surface area contributed by atoms with Crippen LogP contribution in [0.5, 0.6) is 0 Å². The normalized spacial score (nSPS) is 10.1. The van der Waals surface area contributed by atoms with E-state index >= 15 is 0 Å². The zero-order valence-electron chi connectivity index (χ0n) is 12.3. The Bertz CT molecular complexity index is 801. The molecule has 4 heteroatoms. The smallest absolute Gasteiger partial charge is 0.256 e. The van der Waals surface area contributed by atoms with Gasteiger partial charge in [-0.2, -0.15) is 0 Å². The molecule has 3 aromatic rings. The molecule has 0 atom stereocenters. The van der Waals surface area contributed by atoms with Gasteiger partial charge in [0, 0.05) is 20.6 Å². The van der Waals surface area contributed by atoms with Gasteiger partial charge < -0.3 is 10.6 Å². The highest BCUT2D eigenvalue weighted by Gasteiger charge is 2.09. The molecule has 0 saturated carbocycles. The number of anilines is 3. The summed E-state index contributed by atoms with van der Waals surface area (Å²) in [5.74, 6) is -0.0984. The topological polar surface area (TPSA) is 41.1 Å². The van der Waals surface area contributed by atoms with Gasteiger partial charge in [0.2, 0.25) is 0 Å². The van der Waals surface area contributed by atoms with Gasteiger partial charge in [0.05, 0.1) is 5.56 Å². The molecule has 3 nitrogen and oxygen atoms in total. The fraction of sp³-hybridized carbons (Fsp3) is 0. The van der Waals surface area contributed by atoms with E-state index in [2.05, 4.69) is 33.2 Å². The third kappa shape index (κ3) is 4.10. The summed E-state index contributed by atoms with van der Waals surface area (Å²) < 4.78 is 0.935. The van der Waals surface area contributed by atoms with Crippen molar-refractivity contribution in [2.45, 2.75) is 0 Å². The van der Waals surface area contributed by atoms with Crippen molar-refractivity contribution < 1.29 is 4.79 Å². The second-order valence-corrected chi connectivity index (χ2v) is 6.16. The molecule has 0 bridgehead atoms. The summed E-state index contributed by atoms with van der Waals surface area (Å²) in [6, 6.07) is 25.2. The minimum Gasteiger partial charge on any atom is -0.356 e. The van der Waals surface area contributed by atoms with Gasteiger partial charge in [-0.15, -0.1) is 0 Å². The highest BCUT2D eigenvalue weighted by Crippen LogP contribution is 2.20. The molecule has 0 unspecified atom stereocenters. The van der Waals surface area contributed by atoms with E-state index in [9.17, 15) is 4.79 Å². The van der Waals surface area contributed by atoms with Gasteiger partial charge in [-0.1, -0.05) is 30.3 Å². The first kappa shape index (κ1) is 15.6. The van der Waals surface area contributed by atoms with Crippen molar-refractivity contribution in [1.82, 2.24) is 0 Å². The Labute approximate surface area is 148 Å². The monoisotopic (exact) mass is 414 g/mol. The molecular weight excluding hydrogens is 399 g/mol. The first-order valence-electron chi connectivity index (χ1n) is 7.20. The van der Waals surface area contributed by atoms with Crippen molar-refractivity contribution in [3.8, 4) is 0 Å². The average Bonchev–Trinajstić information content (AvgIpc) is 2.58. The summed E-state index contributed by atoms with van der Waals surface area (Å²) in [6.07, 6.45) is 0. The van der Waals surface area contributed by atoms with Gasteiger partial charge in [-0.25, -0.2) is 0 Å². The number of rotatable bonds is 4. The van der Waals surface area contributed by atoms with Crippen LogP contribution in [0.4, 0.5) is 17.1 Å². The predicted molar refractivity (Wildman–Crippen MR) is 103 cm³/mol. The van der Waals surface area contributed by atoms with Crippen molar-refractivity contribution >= 4 is 45.6 Å². The summed E-state index contributed by atoms with van der Waals surface area (Å²) in [5, 5.41) is 6.23. The number of carbonyl (C=O) groups excluding carboxylic acids is 1. The average molecular weight is 414 g/mol. The largest absolute Gasteiger partial charge is 0.356 e. The molecule has 2 N–H and O–H groups in total. The molecule has 0 heterocycles. The van der Waals surface area contributed by atoms with Gasteiger partial charge in [0.1, 0.15) is 0 Å². The summed E-state index contributed by atoms with van der Waals surface area (Å²) in [4.78, 5) is 12.3. The van der Waals surface area contributed by atoms with E-state index in [1.54, 1.807) is 0 Å². The molecule has 0 aliphatic carbocycles. The van der Waals surface area contributed by atoms with Crippen LogP contribution in [0, 0.1) is 3.57 Å². The minimum absolute atomic E-state index is 0.0984. The number of benzene rings is 3. The number of hydrogen-bond donors (Lipinski definition) is 2. The maximum absolute atomic E-state index is 12.3. The summed E-state index contributed by atoms with van der Waals surface area (Å²) >= 11 is 2.17. The zero-order valence-corrected chi connectivity index (χ0v) is 14.4. The van der Waals surface area contributed by atoms with Crippen LogP contribution in [-0.2, 0) is 0 Å². The fourth-order valence-electron chi connectivity index (χ4n) is 2.17. The van der Waals surface area contributed by atoms with E-state index in [1.165, 1.54) is 0 Å². The summed E-state index contributed by atoms with van der Waals surface area (Å²) in [7, 11) is 0. The van der Waals surface area contributed by atoms with Gasteiger partial charge >= 0.3 is 0 Å². The Kier molecular flexibility index (Phi) is 4.92. The van der Waals surface area contributed by atoms with Crippen LogP contribution in [-0.4, -0.2) is 5.91 Å². The van der Waals surface area contributed by atoms with E-state index in [-0.39, 0.29) is 5.91 Å². The maximum atomic E-state index is 12.3. The van der Waals surface area contributed by atoms with E-state index in [0.29, 0.717) is 5.56 Å². The number of para-hydroxylation sites is 1. The first-order valence-corrected chi connectivity index (χ1v) is 8.28. The van der Waals surface area contributed by atoms with Crippen molar-refractivity contribution in [3.63, 3.8) is 0 Å². The lowest BCUT2D eigenvalue weighted by Crippen LogP contribution is -2.13. The van der Waals surface area contributed by atoms with Crippen LogP contribution in [0.25, 0.3) is 0 Å². The number of hydrogen-bond acceptors (Lipinski definition) is 2. The molecule has 3 rings (SSSR count). The Morgan fingerprint density at radius 2 is 1.26 bits per heavy atom. The van der Waals surface area contributed by atoms with E-state index in [1.807, 2.05) is 78.9 Å². The van der Waals surface area contributed by atoms with Gasteiger partial charge in [0.15, 0.2) is 0 Å². The third-order valence-corrected chi connectivity index (χ3v) is 4.26. The molecule has 0 spiro atoms. The number of halogens is 1.